The van der Waals surface area contributed by atoms with Gasteiger partial charge in [0.05, 0.1) is 7.11 Å². The van der Waals surface area contributed by atoms with Crippen molar-refractivity contribution in [2.75, 3.05) is 20.2 Å². The molecule has 110 valence electrons. The number of piperazine rings is 1. The number of methoxy groups -OCH3 is 1. The van der Waals surface area contributed by atoms with Gasteiger partial charge >= 0.3 is 0 Å². The summed E-state index contributed by atoms with van der Waals surface area (Å²) in [5.74, 6) is 1.61. The monoisotopic (exact) mass is 275 g/mol. The van der Waals surface area contributed by atoms with Crippen LogP contribution in [0.2, 0.25) is 0 Å². The lowest BCUT2D eigenvalue weighted by atomic mass is 9.91. The standard InChI is InChI=1S/C16H25N3O/c1-12-9-18-16(2,14-6-7-14)11-19(12)10-13-5-4-8-17-15(13)20-3/h4-5,8,12,14,18H,6-7,9-11H2,1-3H3. The maximum absolute atomic E-state index is 5.38. The van der Waals surface area contributed by atoms with E-state index in [0.29, 0.717) is 6.04 Å². The number of hydrogen-bond donors (Lipinski definition) is 1. The van der Waals surface area contributed by atoms with E-state index < -0.39 is 0 Å². The Morgan fingerprint density at radius 2 is 2.30 bits per heavy atom. The molecule has 3 rings (SSSR count). The first-order valence-corrected chi connectivity index (χ1v) is 7.59. The van der Waals surface area contributed by atoms with Crippen LogP contribution in [0.4, 0.5) is 0 Å². The zero-order valence-electron chi connectivity index (χ0n) is 12.7. The van der Waals surface area contributed by atoms with Crippen LogP contribution in [0.15, 0.2) is 18.3 Å². The first-order chi connectivity index (χ1) is 9.62. The zero-order valence-corrected chi connectivity index (χ0v) is 12.7. The van der Waals surface area contributed by atoms with Gasteiger partial charge < -0.3 is 10.1 Å². The van der Waals surface area contributed by atoms with Gasteiger partial charge in [-0.3, -0.25) is 4.90 Å². The van der Waals surface area contributed by atoms with Gasteiger partial charge in [-0.05, 0) is 38.7 Å². The van der Waals surface area contributed by atoms with E-state index in [4.69, 9.17) is 4.74 Å². The van der Waals surface area contributed by atoms with Crippen LogP contribution >= 0.6 is 0 Å². The molecule has 2 fully saturated rings. The number of hydrogen-bond acceptors (Lipinski definition) is 4. The summed E-state index contributed by atoms with van der Waals surface area (Å²) in [7, 11) is 1.70. The van der Waals surface area contributed by atoms with Crippen molar-refractivity contribution in [2.45, 2.75) is 44.8 Å². The Morgan fingerprint density at radius 3 is 3.00 bits per heavy atom. The van der Waals surface area contributed by atoms with Gasteiger partial charge in [-0.1, -0.05) is 6.07 Å². The number of rotatable bonds is 4. The summed E-state index contributed by atoms with van der Waals surface area (Å²) in [4.78, 5) is 6.87. The van der Waals surface area contributed by atoms with Gasteiger partial charge in [0, 0.05) is 43.0 Å². The van der Waals surface area contributed by atoms with Gasteiger partial charge in [0.2, 0.25) is 5.88 Å². The second-order valence-corrected chi connectivity index (χ2v) is 6.50. The lowest BCUT2D eigenvalue weighted by Gasteiger charge is -2.45. The van der Waals surface area contributed by atoms with Crippen LogP contribution in [0, 0.1) is 5.92 Å². The van der Waals surface area contributed by atoms with Crippen LogP contribution in [-0.2, 0) is 6.54 Å². The maximum atomic E-state index is 5.38. The van der Waals surface area contributed by atoms with Crippen LogP contribution in [0.1, 0.15) is 32.3 Å². The van der Waals surface area contributed by atoms with E-state index in [2.05, 4.69) is 35.1 Å². The molecule has 2 unspecified atom stereocenters. The Labute approximate surface area is 121 Å². The van der Waals surface area contributed by atoms with Crippen LogP contribution in [-0.4, -0.2) is 41.7 Å². The number of aromatic nitrogens is 1. The Balaban J connectivity index is 1.74. The maximum Gasteiger partial charge on any atom is 0.217 e. The highest BCUT2D eigenvalue weighted by Gasteiger charge is 2.45. The molecule has 2 aliphatic rings. The lowest BCUT2D eigenvalue weighted by Crippen LogP contribution is -2.62. The molecule has 1 aromatic rings. The van der Waals surface area contributed by atoms with Gasteiger partial charge in [-0.2, -0.15) is 0 Å². The second kappa shape index (κ2) is 5.34. The molecular weight excluding hydrogens is 250 g/mol. The van der Waals surface area contributed by atoms with Crippen LogP contribution in [0.5, 0.6) is 5.88 Å². The van der Waals surface area contributed by atoms with Crippen LogP contribution in [0.25, 0.3) is 0 Å². The molecule has 0 spiro atoms. The van der Waals surface area contributed by atoms with E-state index in [9.17, 15) is 0 Å². The molecule has 2 heterocycles. The highest BCUT2D eigenvalue weighted by molar-refractivity contribution is 5.25. The van der Waals surface area contributed by atoms with Gasteiger partial charge in [0.25, 0.3) is 0 Å². The van der Waals surface area contributed by atoms with E-state index in [0.717, 1.165) is 31.4 Å². The summed E-state index contributed by atoms with van der Waals surface area (Å²) < 4.78 is 5.38. The second-order valence-electron chi connectivity index (χ2n) is 6.50. The highest BCUT2D eigenvalue weighted by Crippen LogP contribution is 2.41. The molecule has 0 bridgehead atoms. The molecule has 1 aliphatic heterocycles. The van der Waals surface area contributed by atoms with Crippen molar-refractivity contribution in [1.82, 2.24) is 15.2 Å². The molecule has 1 N–H and O–H groups in total. The summed E-state index contributed by atoms with van der Waals surface area (Å²) in [6.45, 7) is 7.76. The predicted molar refractivity (Wildman–Crippen MR) is 79.8 cm³/mol. The number of nitrogens with zero attached hydrogens (tertiary/aromatic N) is 2. The molecule has 20 heavy (non-hydrogen) atoms. The fourth-order valence-electron chi connectivity index (χ4n) is 3.30. The van der Waals surface area contributed by atoms with Gasteiger partial charge in [-0.25, -0.2) is 4.98 Å². The molecule has 0 aromatic carbocycles. The summed E-state index contributed by atoms with van der Waals surface area (Å²) in [5, 5.41) is 3.76. The summed E-state index contributed by atoms with van der Waals surface area (Å²) in [5.41, 5.74) is 1.46. The number of nitrogens with one attached hydrogen (secondary N) is 1. The van der Waals surface area contributed by atoms with Crippen molar-refractivity contribution in [2.24, 2.45) is 5.92 Å². The minimum absolute atomic E-state index is 0.280. The first-order valence-electron chi connectivity index (χ1n) is 7.59. The average Bonchev–Trinajstić information content (AvgIpc) is 3.29. The van der Waals surface area contributed by atoms with E-state index >= 15 is 0 Å². The third kappa shape index (κ3) is 2.67. The predicted octanol–water partition coefficient (Wildman–Crippen LogP) is 2.05. The van der Waals surface area contributed by atoms with Gasteiger partial charge in [0.15, 0.2) is 0 Å². The third-order valence-corrected chi connectivity index (χ3v) is 4.85. The van der Waals surface area contributed by atoms with E-state index in [1.807, 2.05) is 6.07 Å². The minimum Gasteiger partial charge on any atom is -0.481 e. The van der Waals surface area contributed by atoms with Gasteiger partial charge in [0.1, 0.15) is 0 Å². The molecule has 1 aliphatic carbocycles. The summed E-state index contributed by atoms with van der Waals surface area (Å²) >= 11 is 0. The highest BCUT2D eigenvalue weighted by atomic mass is 16.5. The molecule has 0 radical (unpaired) electrons. The Kier molecular flexibility index (Phi) is 3.69. The number of ether oxygens (including phenoxy) is 1. The van der Waals surface area contributed by atoms with Crippen molar-refractivity contribution in [3.8, 4) is 5.88 Å². The van der Waals surface area contributed by atoms with Crippen LogP contribution < -0.4 is 10.1 Å². The van der Waals surface area contributed by atoms with Crippen molar-refractivity contribution in [3.05, 3.63) is 23.9 Å². The largest absolute Gasteiger partial charge is 0.481 e. The molecule has 4 nitrogen and oxygen atoms in total. The summed E-state index contributed by atoms with van der Waals surface area (Å²) in [6.07, 6.45) is 4.54. The SMILES string of the molecule is COc1ncccc1CN1CC(C)(C2CC2)NCC1C. The van der Waals surface area contributed by atoms with E-state index in [1.54, 1.807) is 13.3 Å². The fraction of sp³-hybridized carbons (Fsp3) is 0.688. The van der Waals surface area contributed by atoms with Gasteiger partial charge in [-0.15, -0.1) is 0 Å². The Bertz CT molecular complexity index is 475. The smallest absolute Gasteiger partial charge is 0.217 e. The average molecular weight is 275 g/mol. The van der Waals surface area contributed by atoms with Crippen molar-refractivity contribution < 1.29 is 4.74 Å². The topological polar surface area (TPSA) is 37.4 Å². The Morgan fingerprint density at radius 1 is 1.50 bits per heavy atom. The molecular formula is C16H25N3O. The Hall–Kier alpha value is -1.13. The van der Waals surface area contributed by atoms with Crippen LogP contribution in [0.3, 0.4) is 0 Å². The van der Waals surface area contributed by atoms with Crippen molar-refractivity contribution in [3.63, 3.8) is 0 Å². The van der Waals surface area contributed by atoms with Crippen molar-refractivity contribution in [1.29, 1.82) is 0 Å². The van der Waals surface area contributed by atoms with E-state index in [1.165, 1.54) is 18.4 Å². The molecule has 2 atom stereocenters. The van der Waals surface area contributed by atoms with Crippen molar-refractivity contribution >= 4 is 0 Å². The molecule has 1 saturated heterocycles. The quantitative estimate of drug-likeness (QED) is 0.912. The normalized spacial score (nSPS) is 31.2. The lowest BCUT2D eigenvalue weighted by molar-refractivity contribution is 0.0762. The zero-order chi connectivity index (χ0) is 14.2. The first kappa shape index (κ1) is 13.8. The summed E-state index contributed by atoms with van der Waals surface area (Å²) in [6, 6.07) is 4.66. The fourth-order valence-corrected chi connectivity index (χ4v) is 3.30. The third-order valence-electron chi connectivity index (χ3n) is 4.85. The number of pyridine rings is 1. The van der Waals surface area contributed by atoms with E-state index in [-0.39, 0.29) is 5.54 Å². The molecule has 4 heteroatoms. The molecule has 1 saturated carbocycles. The minimum atomic E-state index is 0.280. The molecule has 1 aromatic heterocycles. The molecule has 0 amide bonds.